The molecule has 0 bridgehead atoms. The number of nitrogens with zero attached hydrogens (tertiary/aromatic N) is 15. The van der Waals surface area contributed by atoms with Gasteiger partial charge >= 0.3 is 0 Å². The number of hydrogen-bond donors (Lipinski definition) is 5. The minimum atomic E-state index is -1.14. The van der Waals surface area contributed by atoms with Gasteiger partial charge in [0.15, 0.2) is 34.9 Å². The Labute approximate surface area is 665 Å². The van der Waals surface area contributed by atoms with E-state index in [1.54, 1.807) is 92.8 Å². The molecular weight excluding hydrogens is 1460 g/mol. The third kappa shape index (κ3) is 17.5. The standard InChI is InChI=1S/C29H33N5O2.C22H20N4O.C18H18N4O2S.C17H17ClN6O/c1-4-15-33(16-5-2)26(35)23-11-6-9-21(17-23)20-34-27(36)29(3,32-28(34)30)25-13-7-10-22(18-25)24-12-8-14-31-19-24;23-21-25-22(18-9-3-1-4-10-18,19-11-5-2-6-12-19)20(27)26(21)15-13-17-8-7-14-24-16-17;1-18(8-16(24)22(2)17(20)21-18)15-7-13(14(10-23)25-15)12-5-3-4-11(6-12)9-19;1-17(8-15(25)23(2)16(20)21-17)14-7-13(22-24(14)3)10-4-5-12(18)11(6-10)9-19/h6-14,17-19H,4-5,15-16,20H2,1-3H3,(H2,30,32);1-12,14,16H,13,15H2,(H2,23,25);3-7,23H,8,10H2,1-2H3,(H2,20,21);4-7H,8H2,1-3H3,(H2,20,21)/t;;18-;17-/m..00/s1. The van der Waals surface area contributed by atoms with Crippen LogP contribution < -0.4 is 22.9 Å². The first-order valence-corrected chi connectivity index (χ1v) is 37.9. The molecule has 6 aromatic carbocycles. The maximum atomic E-state index is 13.6. The van der Waals surface area contributed by atoms with Crippen LogP contribution >= 0.6 is 22.9 Å². The number of aryl methyl sites for hydroxylation is 1. The van der Waals surface area contributed by atoms with Gasteiger partial charge in [0.2, 0.25) is 11.8 Å². The van der Waals surface area contributed by atoms with Crippen LogP contribution in [0.1, 0.15) is 125 Å². The van der Waals surface area contributed by atoms with E-state index in [0.29, 0.717) is 40.4 Å². The molecule has 3 atom stereocenters. The fourth-order valence-electron chi connectivity index (χ4n) is 13.9. The van der Waals surface area contributed by atoms with E-state index in [4.69, 9.17) is 50.1 Å². The first-order chi connectivity index (χ1) is 54.2. The number of aromatic nitrogens is 4. The lowest BCUT2D eigenvalue weighted by Crippen LogP contribution is -2.48. The molecular formula is C86H88ClN19O6S. The lowest BCUT2D eigenvalue weighted by atomic mass is 9.83. The Morgan fingerprint density at radius 1 is 0.584 bits per heavy atom. The van der Waals surface area contributed by atoms with Gasteiger partial charge in [-0.3, -0.25) is 58.2 Å². The van der Waals surface area contributed by atoms with Gasteiger partial charge < -0.3 is 32.9 Å². The Bertz CT molecular complexity index is 5360. The van der Waals surface area contributed by atoms with Crippen LogP contribution in [0.5, 0.6) is 0 Å². The maximum absolute atomic E-state index is 13.6. The molecule has 8 heterocycles. The van der Waals surface area contributed by atoms with E-state index in [1.807, 2.05) is 176 Å². The van der Waals surface area contributed by atoms with E-state index < -0.39 is 22.2 Å². The largest absolute Gasteiger partial charge is 0.391 e. The first kappa shape index (κ1) is 81.0. The molecule has 576 valence electrons. The highest BCUT2D eigenvalue weighted by atomic mass is 35.5. The molecule has 0 radical (unpaired) electrons. The normalized spacial score (nSPS) is 18.2. The van der Waals surface area contributed by atoms with E-state index in [9.17, 15) is 29.1 Å². The number of aliphatic hydroxyl groups excluding tert-OH is 1. The average Bonchev–Trinajstić information content (AvgIpc) is 1.58. The Morgan fingerprint density at radius 2 is 1.18 bits per heavy atom. The molecule has 25 nitrogen and oxygen atoms in total. The molecule has 1 unspecified atom stereocenters. The molecule has 4 aliphatic rings. The zero-order chi connectivity index (χ0) is 80.9. The minimum Gasteiger partial charge on any atom is -0.391 e. The van der Waals surface area contributed by atoms with E-state index in [0.717, 1.165) is 97.0 Å². The molecule has 0 fully saturated rings. The van der Waals surface area contributed by atoms with E-state index in [2.05, 4.69) is 56.0 Å². The summed E-state index contributed by atoms with van der Waals surface area (Å²) >= 11 is 7.40. The second-order valence-corrected chi connectivity index (χ2v) is 29.7. The summed E-state index contributed by atoms with van der Waals surface area (Å²) in [6.07, 6.45) is 9.94. The number of pyridine rings is 2. The van der Waals surface area contributed by atoms with Crippen molar-refractivity contribution in [1.29, 1.82) is 10.5 Å². The molecule has 0 saturated heterocycles. The van der Waals surface area contributed by atoms with Crippen LogP contribution in [0.4, 0.5) is 0 Å². The second-order valence-electron chi connectivity index (χ2n) is 28.1. The van der Waals surface area contributed by atoms with Crippen LogP contribution in [0.15, 0.2) is 233 Å². The van der Waals surface area contributed by atoms with E-state index in [-0.39, 0.29) is 79.4 Å². The van der Waals surface area contributed by atoms with E-state index in [1.165, 1.54) is 26.0 Å². The summed E-state index contributed by atoms with van der Waals surface area (Å²) in [6.45, 7) is 11.7. The molecule has 113 heavy (non-hydrogen) atoms. The molecule has 0 aliphatic carbocycles. The van der Waals surface area contributed by atoms with Gasteiger partial charge in [-0.25, -0.2) is 20.0 Å². The number of thiophene rings is 1. The van der Waals surface area contributed by atoms with Crippen LogP contribution in [0, 0.1) is 22.7 Å². The number of aliphatic hydroxyl groups is 1. The number of amides is 5. The third-order valence-electron chi connectivity index (χ3n) is 20.1. The molecule has 0 spiro atoms. The molecule has 4 aromatic heterocycles. The monoisotopic (exact) mass is 1550 g/mol. The number of hydrogen-bond acceptors (Lipinski definition) is 20. The number of carbonyl (C=O) groups excluding carboxylic acids is 5. The Morgan fingerprint density at radius 3 is 1.79 bits per heavy atom. The number of halogens is 1. The Hall–Kier alpha value is -13.0. The zero-order valence-corrected chi connectivity index (χ0v) is 65.6. The van der Waals surface area contributed by atoms with Gasteiger partial charge in [0, 0.05) is 86.4 Å². The van der Waals surface area contributed by atoms with Crippen molar-refractivity contribution in [2.24, 2.45) is 50.0 Å². The van der Waals surface area contributed by atoms with Crippen LogP contribution in [-0.2, 0) is 68.0 Å². The number of benzene rings is 6. The first-order valence-electron chi connectivity index (χ1n) is 36.7. The predicted molar refractivity (Wildman–Crippen MR) is 439 cm³/mol. The molecule has 10 aromatic rings. The molecule has 5 amide bonds. The smallest absolute Gasteiger partial charge is 0.266 e. The number of nitriles is 2. The highest BCUT2D eigenvalue weighted by molar-refractivity contribution is 7.12. The highest BCUT2D eigenvalue weighted by Gasteiger charge is 2.51. The minimum absolute atomic E-state index is 0.00647. The summed E-state index contributed by atoms with van der Waals surface area (Å²) in [6, 6.07) is 62.5. The second kappa shape index (κ2) is 34.9. The van der Waals surface area contributed by atoms with Crippen molar-refractivity contribution < 1.29 is 29.1 Å². The van der Waals surface area contributed by atoms with Gasteiger partial charge in [0.1, 0.15) is 17.1 Å². The lowest BCUT2D eigenvalue weighted by Gasteiger charge is -2.33. The van der Waals surface area contributed by atoms with Crippen LogP contribution in [0.3, 0.4) is 0 Å². The van der Waals surface area contributed by atoms with Crippen LogP contribution in [0.25, 0.3) is 33.5 Å². The van der Waals surface area contributed by atoms with Crippen molar-refractivity contribution >= 4 is 76.3 Å². The number of rotatable bonds is 19. The van der Waals surface area contributed by atoms with Gasteiger partial charge in [-0.1, -0.05) is 147 Å². The molecule has 4 aliphatic heterocycles. The van der Waals surface area contributed by atoms with Crippen molar-refractivity contribution in [3.8, 4) is 45.6 Å². The summed E-state index contributed by atoms with van der Waals surface area (Å²) in [7, 11) is 5.00. The Kier molecular flexibility index (Phi) is 25.0. The molecule has 9 N–H and O–H groups in total. The predicted octanol–water partition coefficient (Wildman–Crippen LogP) is 11.5. The fourth-order valence-corrected chi connectivity index (χ4v) is 15.2. The number of nitrogens with two attached hydrogens (primary N) is 4. The number of carbonyl (C=O) groups is 5. The summed E-state index contributed by atoms with van der Waals surface area (Å²) < 4.78 is 1.69. The number of aliphatic imine (C=N–C) groups is 4. The van der Waals surface area contributed by atoms with Crippen molar-refractivity contribution in [2.75, 3.05) is 33.7 Å². The molecule has 14 rings (SSSR count). The fraction of sp³-hybridized carbons (Fsp3) is 0.256. The highest BCUT2D eigenvalue weighted by Crippen LogP contribution is 2.44. The van der Waals surface area contributed by atoms with Crippen LogP contribution in [0.2, 0.25) is 5.02 Å². The lowest BCUT2D eigenvalue weighted by molar-refractivity contribution is -0.131. The molecule has 0 saturated carbocycles. The van der Waals surface area contributed by atoms with Crippen molar-refractivity contribution in [1.82, 2.24) is 44.2 Å². The maximum Gasteiger partial charge on any atom is 0.266 e. The van der Waals surface area contributed by atoms with Gasteiger partial charge in [-0.2, -0.15) is 15.6 Å². The van der Waals surface area contributed by atoms with Gasteiger partial charge in [0.25, 0.3) is 17.7 Å². The van der Waals surface area contributed by atoms with E-state index >= 15 is 0 Å². The van der Waals surface area contributed by atoms with Crippen molar-refractivity contribution in [3.63, 3.8) is 0 Å². The SMILES string of the molecule is CCCN(CCC)C(=O)c1cccc(CN2C(=O)C(C)(c3cccc(-c4cccnc4)c3)N=C2N)c1.CN1C(=O)C[C@@](C)(c2cc(-c3ccc(Cl)c(C#N)c3)nn2C)N=C1N.CN1C(=O)C[C@@](C)(c2cc(-c3cccc(C#N)c3)c(CO)s2)N=C1N.NC1=NC(c2ccccc2)(c2ccccc2)C(=O)N1CCc1cccnc1. The van der Waals surface area contributed by atoms with Crippen molar-refractivity contribution in [3.05, 3.63) is 278 Å². The van der Waals surface area contributed by atoms with Crippen molar-refractivity contribution in [2.45, 2.75) is 102 Å². The van der Waals surface area contributed by atoms with Gasteiger partial charge in [-0.05, 0) is 157 Å². The zero-order valence-electron chi connectivity index (χ0n) is 64.1. The summed E-state index contributed by atoms with van der Waals surface area (Å²) in [5, 5.41) is 32.9. The molecule has 27 heteroatoms. The topological polar surface area (TPSA) is 366 Å². The van der Waals surface area contributed by atoms with Crippen LogP contribution in [-0.4, -0.2) is 136 Å². The van der Waals surface area contributed by atoms with Gasteiger partial charge in [-0.15, -0.1) is 11.3 Å². The summed E-state index contributed by atoms with van der Waals surface area (Å²) in [5.74, 6) is 0.275. The number of guanidine groups is 4. The summed E-state index contributed by atoms with van der Waals surface area (Å²) in [4.78, 5) is 101. The third-order valence-corrected chi connectivity index (χ3v) is 21.8. The quantitative estimate of drug-likeness (QED) is 0.0502. The Balaban J connectivity index is 0.000000151. The van der Waals surface area contributed by atoms with Gasteiger partial charge in [0.05, 0.1) is 59.6 Å². The summed E-state index contributed by atoms with van der Waals surface area (Å²) in [5.41, 5.74) is 32.1. The average molecular weight is 1550 g/mol.